The number of anilines is 1. The molecule has 0 aliphatic carbocycles. The van der Waals surface area contributed by atoms with Gasteiger partial charge in [-0.3, -0.25) is 0 Å². The van der Waals surface area contributed by atoms with Crippen LogP contribution in [0.15, 0.2) is 22.7 Å². The van der Waals surface area contributed by atoms with E-state index in [2.05, 4.69) is 5.16 Å². The van der Waals surface area contributed by atoms with E-state index in [0.717, 1.165) is 0 Å². The summed E-state index contributed by atoms with van der Waals surface area (Å²) >= 11 is 0. The van der Waals surface area contributed by atoms with Gasteiger partial charge < -0.3 is 10.3 Å². The molecule has 0 saturated heterocycles. The fourth-order valence-corrected chi connectivity index (χ4v) is 1.42. The van der Waals surface area contributed by atoms with Gasteiger partial charge in [0, 0.05) is 5.56 Å². The topological polar surface area (TPSA) is 52.0 Å². The third-order valence-electron chi connectivity index (χ3n) is 2.40. The molecule has 1 aromatic heterocycles. The van der Waals surface area contributed by atoms with Gasteiger partial charge in [-0.15, -0.1) is 0 Å². The van der Waals surface area contributed by atoms with Crippen molar-refractivity contribution in [3.8, 4) is 11.3 Å². The maximum atomic E-state index is 13.7. The molecule has 0 spiro atoms. The van der Waals surface area contributed by atoms with Gasteiger partial charge in [0.15, 0.2) is 11.6 Å². The van der Waals surface area contributed by atoms with E-state index in [1.807, 2.05) is 0 Å². The molecular formula is C11H11FN2O. The van der Waals surface area contributed by atoms with Gasteiger partial charge in [-0.2, -0.15) is 0 Å². The lowest BCUT2D eigenvalue weighted by molar-refractivity contribution is 0.432. The van der Waals surface area contributed by atoms with Crippen LogP contribution in [-0.4, -0.2) is 5.16 Å². The molecule has 0 saturated carbocycles. The second-order valence-corrected chi connectivity index (χ2v) is 3.46. The van der Waals surface area contributed by atoms with E-state index in [1.165, 1.54) is 0 Å². The Morgan fingerprint density at radius 2 is 2.07 bits per heavy atom. The van der Waals surface area contributed by atoms with Crippen LogP contribution in [0, 0.1) is 19.7 Å². The van der Waals surface area contributed by atoms with Crippen LogP contribution in [-0.2, 0) is 0 Å². The molecule has 0 unspecified atom stereocenters. The Kier molecular flexibility index (Phi) is 2.19. The predicted molar refractivity (Wildman–Crippen MR) is 55.8 cm³/mol. The van der Waals surface area contributed by atoms with Crippen molar-refractivity contribution >= 4 is 5.82 Å². The van der Waals surface area contributed by atoms with Crippen LogP contribution in [0.1, 0.15) is 11.1 Å². The number of hydrogen-bond donors (Lipinski definition) is 1. The van der Waals surface area contributed by atoms with E-state index >= 15 is 0 Å². The summed E-state index contributed by atoms with van der Waals surface area (Å²) in [5.41, 5.74) is 7.18. The maximum Gasteiger partial charge on any atom is 0.174 e. The standard InChI is InChI=1S/C11H11FN2O/c1-6-4-3-5-8(9(6)12)10-7(2)11(13)14-15-10/h3-5H,1-2H3,(H2,13,14). The highest BCUT2D eigenvalue weighted by Gasteiger charge is 2.16. The highest BCUT2D eigenvalue weighted by molar-refractivity contribution is 5.66. The fourth-order valence-electron chi connectivity index (χ4n) is 1.42. The molecule has 0 aliphatic rings. The number of nitrogens with two attached hydrogens (primary N) is 1. The second kappa shape index (κ2) is 3.38. The number of halogens is 1. The monoisotopic (exact) mass is 206 g/mol. The Bertz CT molecular complexity index is 505. The van der Waals surface area contributed by atoms with E-state index in [4.69, 9.17) is 10.3 Å². The van der Waals surface area contributed by atoms with Crippen molar-refractivity contribution < 1.29 is 8.91 Å². The number of aryl methyl sites for hydroxylation is 1. The van der Waals surface area contributed by atoms with Crippen molar-refractivity contribution in [3.63, 3.8) is 0 Å². The van der Waals surface area contributed by atoms with Crippen molar-refractivity contribution in [1.82, 2.24) is 5.16 Å². The van der Waals surface area contributed by atoms with E-state index in [0.29, 0.717) is 28.3 Å². The summed E-state index contributed by atoms with van der Waals surface area (Å²) < 4.78 is 18.7. The third-order valence-corrected chi connectivity index (χ3v) is 2.40. The van der Waals surface area contributed by atoms with Crippen LogP contribution in [0.25, 0.3) is 11.3 Å². The zero-order valence-electron chi connectivity index (χ0n) is 8.54. The Labute approximate surface area is 86.7 Å². The van der Waals surface area contributed by atoms with Crippen LogP contribution in [0.4, 0.5) is 10.2 Å². The van der Waals surface area contributed by atoms with E-state index in [-0.39, 0.29) is 5.82 Å². The predicted octanol–water partition coefficient (Wildman–Crippen LogP) is 2.68. The first kappa shape index (κ1) is 9.71. The number of rotatable bonds is 1. The van der Waals surface area contributed by atoms with E-state index in [9.17, 15) is 4.39 Å². The van der Waals surface area contributed by atoms with Crippen molar-refractivity contribution in [3.05, 3.63) is 35.1 Å². The van der Waals surface area contributed by atoms with Crippen LogP contribution >= 0.6 is 0 Å². The first-order valence-corrected chi connectivity index (χ1v) is 4.58. The Morgan fingerprint density at radius 1 is 1.33 bits per heavy atom. The molecule has 0 bridgehead atoms. The number of nitrogens with zero attached hydrogens (tertiary/aromatic N) is 1. The molecule has 4 heteroatoms. The molecule has 1 heterocycles. The molecule has 2 rings (SSSR count). The molecule has 0 amide bonds. The summed E-state index contributed by atoms with van der Waals surface area (Å²) in [4.78, 5) is 0. The normalized spacial score (nSPS) is 10.6. The third kappa shape index (κ3) is 1.48. The lowest BCUT2D eigenvalue weighted by Gasteiger charge is -2.02. The van der Waals surface area contributed by atoms with Crippen LogP contribution in [0.3, 0.4) is 0 Å². The van der Waals surface area contributed by atoms with Crippen LogP contribution in [0.5, 0.6) is 0 Å². The Hall–Kier alpha value is -1.84. The average Bonchev–Trinajstić information content (AvgIpc) is 2.53. The Balaban J connectivity index is 2.64. The number of aromatic nitrogens is 1. The molecule has 78 valence electrons. The van der Waals surface area contributed by atoms with Crippen molar-refractivity contribution in [2.24, 2.45) is 0 Å². The minimum atomic E-state index is -0.295. The lowest BCUT2D eigenvalue weighted by Crippen LogP contribution is -1.90. The average molecular weight is 206 g/mol. The smallest absolute Gasteiger partial charge is 0.174 e. The molecule has 0 radical (unpaired) electrons. The molecule has 0 atom stereocenters. The molecule has 15 heavy (non-hydrogen) atoms. The lowest BCUT2D eigenvalue weighted by atomic mass is 10.1. The molecule has 3 nitrogen and oxygen atoms in total. The van der Waals surface area contributed by atoms with Gasteiger partial charge in [-0.05, 0) is 25.5 Å². The minimum Gasteiger partial charge on any atom is -0.381 e. The zero-order chi connectivity index (χ0) is 11.0. The second-order valence-electron chi connectivity index (χ2n) is 3.46. The number of hydrogen-bond acceptors (Lipinski definition) is 3. The van der Waals surface area contributed by atoms with Gasteiger partial charge in [0.1, 0.15) is 5.82 Å². The van der Waals surface area contributed by atoms with Gasteiger partial charge in [0.05, 0.1) is 5.56 Å². The maximum absolute atomic E-state index is 13.7. The van der Waals surface area contributed by atoms with Gasteiger partial charge in [-0.25, -0.2) is 4.39 Å². The summed E-state index contributed by atoms with van der Waals surface area (Å²) in [6, 6.07) is 5.12. The largest absolute Gasteiger partial charge is 0.381 e. The summed E-state index contributed by atoms with van der Waals surface area (Å²) in [6.07, 6.45) is 0. The zero-order valence-corrected chi connectivity index (χ0v) is 8.54. The van der Waals surface area contributed by atoms with Gasteiger partial charge in [-0.1, -0.05) is 17.3 Å². The summed E-state index contributed by atoms with van der Waals surface area (Å²) in [7, 11) is 0. The van der Waals surface area contributed by atoms with Crippen molar-refractivity contribution in [2.45, 2.75) is 13.8 Å². The number of benzene rings is 1. The van der Waals surface area contributed by atoms with Crippen LogP contribution in [0.2, 0.25) is 0 Å². The molecular weight excluding hydrogens is 195 g/mol. The first-order chi connectivity index (χ1) is 7.11. The highest BCUT2D eigenvalue weighted by Crippen LogP contribution is 2.29. The van der Waals surface area contributed by atoms with Gasteiger partial charge in [0.25, 0.3) is 0 Å². The van der Waals surface area contributed by atoms with Gasteiger partial charge in [0.2, 0.25) is 0 Å². The summed E-state index contributed by atoms with van der Waals surface area (Å²) in [6.45, 7) is 3.46. The van der Waals surface area contributed by atoms with Crippen molar-refractivity contribution in [2.75, 3.05) is 5.73 Å². The van der Waals surface area contributed by atoms with E-state index in [1.54, 1.807) is 32.0 Å². The molecule has 0 aliphatic heterocycles. The molecule has 2 aromatic rings. The quantitative estimate of drug-likeness (QED) is 0.780. The molecule has 0 fully saturated rings. The first-order valence-electron chi connectivity index (χ1n) is 4.58. The van der Waals surface area contributed by atoms with Crippen LogP contribution < -0.4 is 5.73 Å². The fraction of sp³-hybridized carbons (Fsp3) is 0.182. The van der Waals surface area contributed by atoms with Crippen molar-refractivity contribution in [1.29, 1.82) is 0 Å². The van der Waals surface area contributed by atoms with Gasteiger partial charge >= 0.3 is 0 Å². The summed E-state index contributed by atoms with van der Waals surface area (Å²) in [5.74, 6) is 0.399. The molecule has 1 aromatic carbocycles. The number of nitrogen functional groups attached to an aromatic ring is 1. The Morgan fingerprint density at radius 3 is 2.67 bits per heavy atom. The summed E-state index contributed by atoms with van der Waals surface area (Å²) in [5, 5.41) is 3.60. The minimum absolute atomic E-state index is 0.295. The molecule has 2 N–H and O–H groups in total. The highest BCUT2D eigenvalue weighted by atomic mass is 19.1. The van der Waals surface area contributed by atoms with E-state index < -0.39 is 0 Å². The SMILES string of the molecule is Cc1cccc(-c2onc(N)c2C)c1F.